The summed E-state index contributed by atoms with van der Waals surface area (Å²) in [4.78, 5) is 8.79. The minimum atomic E-state index is 0.624. The average molecular weight is 276 g/mol. The number of aryl methyl sites for hydroxylation is 3. The Morgan fingerprint density at radius 3 is 2.78 bits per heavy atom. The zero-order chi connectivity index (χ0) is 13.1. The molecule has 2 rings (SSSR count). The Labute approximate surface area is 114 Å². The van der Waals surface area contributed by atoms with Crippen molar-refractivity contribution >= 4 is 23.3 Å². The van der Waals surface area contributed by atoms with E-state index in [0.717, 1.165) is 27.8 Å². The molecule has 0 saturated heterocycles. The Morgan fingerprint density at radius 2 is 2.17 bits per heavy atom. The van der Waals surface area contributed by atoms with Crippen molar-refractivity contribution < 1.29 is 0 Å². The van der Waals surface area contributed by atoms with Crippen LogP contribution in [-0.2, 0) is 6.42 Å². The quantitative estimate of drug-likeness (QED) is 0.861. The van der Waals surface area contributed by atoms with E-state index in [1.807, 2.05) is 26.8 Å². The molecular formula is C12H12N4S2. The van der Waals surface area contributed by atoms with Crippen molar-refractivity contribution in [2.24, 2.45) is 0 Å². The van der Waals surface area contributed by atoms with Gasteiger partial charge < -0.3 is 0 Å². The first-order valence-electron chi connectivity index (χ1n) is 5.52. The van der Waals surface area contributed by atoms with Crippen LogP contribution in [0.2, 0.25) is 0 Å². The highest BCUT2D eigenvalue weighted by Gasteiger charge is 2.12. The molecule has 0 aromatic carbocycles. The van der Waals surface area contributed by atoms with Gasteiger partial charge in [0.15, 0.2) is 4.34 Å². The first kappa shape index (κ1) is 13.0. The summed E-state index contributed by atoms with van der Waals surface area (Å²) in [5.74, 6) is 0.838. The summed E-state index contributed by atoms with van der Waals surface area (Å²) >= 11 is 2.77. The van der Waals surface area contributed by atoms with E-state index in [-0.39, 0.29) is 0 Å². The van der Waals surface area contributed by atoms with Gasteiger partial charge in [0.2, 0.25) is 0 Å². The highest BCUT2D eigenvalue weighted by Crippen LogP contribution is 2.31. The molecule has 0 saturated carbocycles. The largest absolute Gasteiger partial charge is 0.245 e. The molecule has 2 aromatic rings. The number of aromatic nitrogens is 3. The van der Waals surface area contributed by atoms with E-state index in [1.54, 1.807) is 0 Å². The fraction of sp³-hybridized carbons (Fsp3) is 0.333. The number of rotatable bonds is 3. The van der Waals surface area contributed by atoms with Crippen LogP contribution in [0.3, 0.4) is 0 Å². The topological polar surface area (TPSA) is 62.5 Å². The minimum absolute atomic E-state index is 0.624. The lowest BCUT2D eigenvalue weighted by molar-refractivity contribution is 0.967. The Kier molecular flexibility index (Phi) is 3.94. The van der Waals surface area contributed by atoms with Crippen molar-refractivity contribution in [3.05, 3.63) is 28.7 Å². The van der Waals surface area contributed by atoms with Crippen LogP contribution in [0.5, 0.6) is 0 Å². The highest BCUT2D eigenvalue weighted by molar-refractivity contribution is 8.00. The molecule has 92 valence electrons. The molecule has 0 fully saturated rings. The molecule has 0 amide bonds. The van der Waals surface area contributed by atoms with Crippen LogP contribution in [0.15, 0.2) is 15.4 Å². The first-order valence-corrected chi connectivity index (χ1v) is 7.11. The first-order chi connectivity index (χ1) is 8.63. The second kappa shape index (κ2) is 5.46. The van der Waals surface area contributed by atoms with Gasteiger partial charge in [0, 0.05) is 12.1 Å². The third-order valence-corrected chi connectivity index (χ3v) is 4.15. The molecule has 6 heteroatoms. The van der Waals surface area contributed by atoms with Crippen molar-refractivity contribution in [3.63, 3.8) is 0 Å². The third kappa shape index (κ3) is 2.68. The summed E-state index contributed by atoms with van der Waals surface area (Å²) < 4.78 is 5.06. The van der Waals surface area contributed by atoms with E-state index in [4.69, 9.17) is 0 Å². The fourth-order valence-corrected chi connectivity index (χ4v) is 3.33. The molecule has 2 aromatic heterocycles. The average Bonchev–Trinajstić information content (AvgIpc) is 2.76. The maximum Gasteiger partial charge on any atom is 0.176 e. The van der Waals surface area contributed by atoms with Crippen LogP contribution in [0.25, 0.3) is 0 Å². The Bertz CT molecular complexity index is 613. The smallest absolute Gasteiger partial charge is 0.176 e. The van der Waals surface area contributed by atoms with Gasteiger partial charge in [0.25, 0.3) is 0 Å². The van der Waals surface area contributed by atoms with Gasteiger partial charge in [0.05, 0.1) is 5.56 Å². The van der Waals surface area contributed by atoms with E-state index in [2.05, 4.69) is 20.4 Å². The van der Waals surface area contributed by atoms with Crippen LogP contribution >= 0.6 is 23.3 Å². The fourth-order valence-electron chi connectivity index (χ4n) is 1.52. The van der Waals surface area contributed by atoms with E-state index >= 15 is 0 Å². The molecule has 2 heterocycles. The predicted molar refractivity (Wildman–Crippen MR) is 71.8 cm³/mol. The van der Waals surface area contributed by atoms with Crippen molar-refractivity contribution in [1.29, 1.82) is 5.26 Å². The minimum Gasteiger partial charge on any atom is -0.245 e. The lowest BCUT2D eigenvalue weighted by Crippen LogP contribution is -1.94. The summed E-state index contributed by atoms with van der Waals surface area (Å²) in [5.41, 5.74) is 2.49. The Hall–Kier alpha value is -1.45. The zero-order valence-corrected chi connectivity index (χ0v) is 12.0. The molecule has 0 aliphatic carbocycles. The summed E-state index contributed by atoms with van der Waals surface area (Å²) in [6.07, 6.45) is 0.822. The highest BCUT2D eigenvalue weighted by atomic mass is 32.2. The summed E-state index contributed by atoms with van der Waals surface area (Å²) in [6, 6.07) is 4.12. The number of hydrogen-bond donors (Lipinski definition) is 0. The van der Waals surface area contributed by atoms with Gasteiger partial charge in [-0.15, -0.1) is 0 Å². The lowest BCUT2D eigenvalue weighted by Gasteiger charge is -2.04. The summed E-state index contributed by atoms with van der Waals surface area (Å²) in [7, 11) is 0. The number of pyridine rings is 1. The maximum absolute atomic E-state index is 9.18. The van der Waals surface area contributed by atoms with Gasteiger partial charge in [0.1, 0.15) is 16.9 Å². The normalized spacial score (nSPS) is 10.3. The number of nitrogens with zero attached hydrogens (tertiary/aromatic N) is 4. The number of hydrogen-bond acceptors (Lipinski definition) is 6. The summed E-state index contributed by atoms with van der Waals surface area (Å²) in [5, 5.41) is 9.90. The van der Waals surface area contributed by atoms with E-state index in [1.165, 1.54) is 23.3 Å². The van der Waals surface area contributed by atoms with E-state index in [0.29, 0.717) is 10.6 Å². The van der Waals surface area contributed by atoms with Crippen LogP contribution < -0.4 is 0 Å². The van der Waals surface area contributed by atoms with Crippen LogP contribution in [0.1, 0.15) is 29.6 Å². The van der Waals surface area contributed by atoms with Gasteiger partial charge in [-0.2, -0.15) is 9.64 Å². The van der Waals surface area contributed by atoms with Crippen LogP contribution in [-0.4, -0.2) is 14.3 Å². The van der Waals surface area contributed by atoms with E-state index in [9.17, 15) is 5.26 Å². The van der Waals surface area contributed by atoms with Crippen molar-refractivity contribution in [1.82, 2.24) is 14.3 Å². The zero-order valence-electron chi connectivity index (χ0n) is 10.4. The molecule has 18 heavy (non-hydrogen) atoms. The van der Waals surface area contributed by atoms with Gasteiger partial charge in [-0.25, -0.2) is 9.97 Å². The molecular weight excluding hydrogens is 264 g/mol. The third-order valence-electron chi connectivity index (χ3n) is 2.37. The van der Waals surface area contributed by atoms with Crippen LogP contribution in [0.4, 0.5) is 0 Å². The predicted octanol–water partition coefficient (Wildman–Crippen LogP) is 3.14. The Morgan fingerprint density at radius 1 is 1.39 bits per heavy atom. The van der Waals surface area contributed by atoms with Gasteiger partial charge in [-0.05, 0) is 48.8 Å². The molecule has 0 radical (unpaired) electrons. The van der Waals surface area contributed by atoms with E-state index < -0.39 is 0 Å². The second-order valence-electron chi connectivity index (χ2n) is 3.80. The molecule has 0 unspecified atom stereocenters. The van der Waals surface area contributed by atoms with Crippen molar-refractivity contribution in [2.45, 2.75) is 36.6 Å². The maximum atomic E-state index is 9.18. The lowest BCUT2D eigenvalue weighted by atomic mass is 10.1. The molecule has 0 bridgehead atoms. The molecule has 0 atom stereocenters. The SMILES string of the molecule is CCc1nsc(Sc2nc(C)cc(C)c2C#N)n1. The van der Waals surface area contributed by atoms with Gasteiger partial charge in [-0.1, -0.05) is 6.92 Å². The van der Waals surface area contributed by atoms with Gasteiger partial charge in [-0.3, -0.25) is 0 Å². The van der Waals surface area contributed by atoms with Gasteiger partial charge >= 0.3 is 0 Å². The molecule has 0 aliphatic rings. The second-order valence-corrected chi connectivity index (χ2v) is 5.79. The Balaban J connectivity index is 2.36. The number of nitriles is 1. The monoisotopic (exact) mass is 276 g/mol. The molecule has 0 N–H and O–H groups in total. The van der Waals surface area contributed by atoms with Crippen LogP contribution in [0, 0.1) is 25.2 Å². The van der Waals surface area contributed by atoms with Crippen molar-refractivity contribution in [2.75, 3.05) is 0 Å². The molecule has 4 nitrogen and oxygen atoms in total. The molecule has 0 spiro atoms. The summed E-state index contributed by atoms with van der Waals surface area (Å²) in [6.45, 7) is 5.87. The van der Waals surface area contributed by atoms with Crippen molar-refractivity contribution in [3.8, 4) is 6.07 Å². The molecule has 0 aliphatic heterocycles. The standard InChI is InChI=1S/C12H12N4S2/c1-4-10-15-12(18-16-10)17-11-9(6-13)7(2)5-8(3)14-11/h5H,4H2,1-3H3.